The van der Waals surface area contributed by atoms with Gasteiger partial charge in [-0.2, -0.15) is 0 Å². The molecule has 0 fully saturated rings. The third-order valence-corrected chi connectivity index (χ3v) is 2.41. The molecule has 4 nitrogen and oxygen atoms in total. The van der Waals surface area contributed by atoms with Gasteiger partial charge in [-0.15, -0.1) is 0 Å². The fourth-order valence-electron chi connectivity index (χ4n) is 1.54. The molecule has 4 heteroatoms. The third kappa shape index (κ3) is 2.73. The van der Waals surface area contributed by atoms with Gasteiger partial charge in [-0.25, -0.2) is 0 Å². The van der Waals surface area contributed by atoms with Gasteiger partial charge in [0.25, 0.3) is 5.91 Å². The predicted molar refractivity (Wildman–Crippen MR) is 65.7 cm³/mol. The predicted octanol–water partition coefficient (Wildman–Crippen LogP) is 2.30. The lowest BCUT2D eigenvalue weighted by Crippen LogP contribution is -2.11. The van der Waals surface area contributed by atoms with E-state index in [4.69, 9.17) is 10.2 Å². The van der Waals surface area contributed by atoms with Gasteiger partial charge >= 0.3 is 0 Å². The summed E-state index contributed by atoms with van der Waals surface area (Å²) in [4.78, 5) is 11.8. The first-order valence-corrected chi connectivity index (χ1v) is 5.34. The van der Waals surface area contributed by atoms with Crippen molar-refractivity contribution in [2.24, 2.45) is 5.73 Å². The molecular weight excluding hydrogens is 216 g/mol. The second kappa shape index (κ2) is 4.84. The number of rotatable bonds is 3. The van der Waals surface area contributed by atoms with Gasteiger partial charge < -0.3 is 15.5 Å². The number of hydrogen-bond donors (Lipinski definition) is 2. The van der Waals surface area contributed by atoms with Crippen LogP contribution in [0.25, 0.3) is 0 Å². The van der Waals surface area contributed by atoms with Gasteiger partial charge in [-0.05, 0) is 30.7 Å². The minimum absolute atomic E-state index is 0.184. The van der Waals surface area contributed by atoms with Gasteiger partial charge in [0.15, 0.2) is 0 Å². The standard InChI is InChI=1S/C13H14N2O2/c1-9-5-11(8-17-9)13(16)15-12-4-2-3-10(6-12)7-14/h2-6,8H,7,14H2,1H3,(H,15,16). The van der Waals surface area contributed by atoms with Crippen molar-refractivity contribution >= 4 is 11.6 Å². The monoisotopic (exact) mass is 230 g/mol. The summed E-state index contributed by atoms with van der Waals surface area (Å²) in [5, 5.41) is 2.79. The summed E-state index contributed by atoms with van der Waals surface area (Å²) in [6.07, 6.45) is 1.44. The first kappa shape index (κ1) is 11.4. The lowest BCUT2D eigenvalue weighted by Gasteiger charge is -2.04. The molecule has 1 heterocycles. The molecule has 0 atom stereocenters. The van der Waals surface area contributed by atoms with Crippen molar-refractivity contribution in [1.82, 2.24) is 0 Å². The lowest BCUT2D eigenvalue weighted by molar-refractivity contribution is 0.102. The van der Waals surface area contributed by atoms with Crippen molar-refractivity contribution in [3.05, 3.63) is 53.5 Å². The Balaban J connectivity index is 2.12. The SMILES string of the molecule is Cc1cc(C(=O)Nc2cccc(CN)c2)co1. The van der Waals surface area contributed by atoms with Crippen molar-refractivity contribution in [3.8, 4) is 0 Å². The zero-order valence-corrected chi connectivity index (χ0v) is 9.57. The third-order valence-electron chi connectivity index (χ3n) is 2.41. The van der Waals surface area contributed by atoms with Crippen molar-refractivity contribution in [2.75, 3.05) is 5.32 Å². The van der Waals surface area contributed by atoms with E-state index in [0.717, 1.165) is 11.3 Å². The normalized spacial score (nSPS) is 10.2. The van der Waals surface area contributed by atoms with Crippen LogP contribution in [-0.2, 0) is 6.54 Å². The van der Waals surface area contributed by atoms with Crippen LogP contribution in [-0.4, -0.2) is 5.91 Å². The molecule has 3 N–H and O–H groups in total. The van der Waals surface area contributed by atoms with Gasteiger partial charge in [-0.1, -0.05) is 12.1 Å². The molecule has 88 valence electrons. The first-order valence-electron chi connectivity index (χ1n) is 5.34. The number of amides is 1. The van der Waals surface area contributed by atoms with Crippen molar-refractivity contribution in [3.63, 3.8) is 0 Å². The van der Waals surface area contributed by atoms with Gasteiger partial charge in [-0.3, -0.25) is 4.79 Å². The Kier molecular flexibility index (Phi) is 3.25. The Bertz CT molecular complexity index is 532. The van der Waals surface area contributed by atoms with Crippen LogP contribution in [0, 0.1) is 6.92 Å². The molecule has 2 aromatic rings. The molecule has 17 heavy (non-hydrogen) atoms. The van der Waals surface area contributed by atoms with E-state index in [1.807, 2.05) is 24.3 Å². The summed E-state index contributed by atoms with van der Waals surface area (Å²) < 4.78 is 5.09. The highest BCUT2D eigenvalue weighted by Gasteiger charge is 2.08. The molecule has 0 aliphatic heterocycles. The van der Waals surface area contributed by atoms with Crippen LogP contribution in [0.4, 0.5) is 5.69 Å². The minimum Gasteiger partial charge on any atom is -0.469 e. The molecule has 0 saturated carbocycles. The fourth-order valence-corrected chi connectivity index (χ4v) is 1.54. The molecule has 0 aliphatic rings. The van der Waals surface area contributed by atoms with Gasteiger partial charge in [0.05, 0.1) is 5.56 Å². The Labute approximate surface area is 99.4 Å². The number of hydrogen-bond acceptors (Lipinski definition) is 3. The van der Waals surface area contributed by atoms with E-state index in [-0.39, 0.29) is 5.91 Å². The van der Waals surface area contributed by atoms with Crippen LogP contribution in [0.5, 0.6) is 0 Å². The molecule has 0 radical (unpaired) electrons. The quantitative estimate of drug-likeness (QED) is 0.850. The molecule has 0 unspecified atom stereocenters. The van der Waals surface area contributed by atoms with E-state index < -0.39 is 0 Å². The van der Waals surface area contributed by atoms with Crippen LogP contribution < -0.4 is 11.1 Å². The number of anilines is 1. The molecule has 2 rings (SSSR count). The summed E-state index contributed by atoms with van der Waals surface area (Å²) in [5.41, 5.74) is 7.76. The van der Waals surface area contributed by atoms with Crippen LogP contribution in [0.15, 0.2) is 41.0 Å². The van der Waals surface area contributed by atoms with E-state index >= 15 is 0 Å². The molecule has 1 aromatic heterocycles. The van der Waals surface area contributed by atoms with Crippen molar-refractivity contribution in [2.45, 2.75) is 13.5 Å². The number of carbonyl (C=O) groups is 1. The second-order valence-electron chi connectivity index (χ2n) is 3.80. The fraction of sp³-hybridized carbons (Fsp3) is 0.154. The Morgan fingerprint density at radius 2 is 2.24 bits per heavy atom. The van der Waals surface area contributed by atoms with Crippen LogP contribution in [0.2, 0.25) is 0 Å². The maximum absolute atomic E-state index is 11.8. The van der Waals surface area contributed by atoms with Crippen LogP contribution in [0.3, 0.4) is 0 Å². The average Bonchev–Trinajstić information content (AvgIpc) is 2.76. The largest absolute Gasteiger partial charge is 0.469 e. The molecule has 0 spiro atoms. The van der Waals surface area contributed by atoms with Crippen molar-refractivity contribution in [1.29, 1.82) is 0 Å². The van der Waals surface area contributed by atoms with E-state index in [1.165, 1.54) is 6.26 Å². The number of aryl methyl sites for hydroxylation is 1. The summed E-state index contributed by atoms with van der Waals surface area (Å²) in [6.45, 7) is 2.25. The van der Waals surface area contributed by atoms with E-state index in [1.54, 1.807) is 13.0 Å². The number of carbonyl (C=O) groups excluding carboxylic acids is 1. The minimum atomic E-state index is -0.184. The highest BCUT2D eigenvalue weighted by atomic mass is 16.3. The zero-order valence-electron chi connectivity index (χ0n) is 9.57. The second-order valence-corrected chi connectivity index (χ2v) is 3.80. The Morgan fingerprint density at radius 3 is 2.88 bits per heavy atom. The zero-order chi connectivity index (χ0) is 12.3. The van der Waals surface area contributed by atoms with Gasteiger partial charge in [0, 0.05) is 12.2 Å². The summed E-state index contributed by atoms with van der Waals surface area (Å²) in [7, 11) is 0. The van der Waals surface area contributed by atoms with E-state index in [0.29, 0.717) is 17.9 Å². The average molecular weight is 230 g/mol. The Morgan fingerprint density at radius 1 is 1.41 bits per heavy atom. The van der Waals surface area contributed by atoms with Crippen LogP contribution in [0.1, 0.15) is 21.7 Å². The highest BCUT2D eigenvalue weighted by molar-refractivity contribution is 6.04. The highest BCUT2D eigenvalue weighted by Crippen LogP contribution is 2.13. The lowest BCUT2D eigenvalue weighted by atomic mass is 10.2. The van der Waals surface area contributed by atoms with E-state index in [2.05, 4.69) is 5.32 Å². The molecular formula is C13H14N2O2. The molecule has 0 aliphatic carbocycles. The molecule has 1 amide bonds. The maximum Gasteiger partial charge on any atom is 0.258 e. The van der Waals surface area contributed by atoms with Gasteiger partial charge in [0.2, 0.25) is 0 Å². The molecule has 0 bridgehead atoms. The first-order chi connectivity index (χ1) is 8.19. The summed E-state index contributed by atoms with van der Waals surface area (Å²) in [6, 6.07) is 9.15. The van der Waals surface area contributed by atoms with E-state index in [9.17, 15) is 4.79 Å². The smallest absolute Gasteiger partial charge is 0.258 e. The van der Waals surface area contributed by atoms with Crippen LogP contribution >= 0.6 is 0 Å². The Hall–Kier alpha value is -2.07. The van der Waals surface area contributed by atoms with Crippen molar-refractivity contribution < 1.29 is 9.21 Å². The molecule has 1 aromatic carbocycles. The van der Waals surface area contributed by atoms with Gasteiger partial charge in [0.1, 0.15) is 12.0 Å². The topological polar surface area (TPSA) is 68.3 Å². The maximum atomic E-state index is 11.8. The number of furan rings is 1. The molecule has 0 saturated heterocycles. The number of nitrogens with two attached hydrogens (primary N) is 1. The summed E-state index contributed by atoms with van der Waals surface area (Å²) in [5.74, 6) is 0.530. The summed E-state index contributed by atoms with van der Waals surface area (Å²) >= 11 is 0. The number of benzene rings is 1. The number of nitrogens with one attached hydrogen (secondary N) is 1.